The highest BCUT2D eigenvalue weighted by molar-refractivity contribution is 14.1. The highest BCUT2D eigenvalue weighted by Gasteiger charge is 2.22. The highest BCUT2D eigenvalue weighted by Crippen LogP contribution is 2.22. The van der Waals surface area contributed by atoms with E-state index in [4.69, 9.17) is 16.3 Å². The maximum absolute atomic E-state index is 12.8. The van der Waals surface area contributed by atoms with Gasteiger partial charge in [0, 0.05) is 27.2 Å². The lowest BCUT2D eigenvalue weighted by Gasteiger charge is -2.27. The van der Waals surface area contributed by atoms with Crippen molar-refractivity contribution in [3.8, 4) is 0 Å². The molecule has 2 aromatic carbocycles. The van der Waals surface area contributed by atoms with E-state index >= 15 is 0 Å². The molecule has 1 heterocycles. The average molecular weight is 471 g/mol. The molecule has 7 heteroatoms. The average Bonchev–Trinajstić information content (AvgIpc) is 2.64. The summed E-state index contributed by atoms with van der Waals surface area (Å²) in [6.45, 7) is 2.16. The van der Waals surface area contributed by atoms with E-state index in [1.54, 1.807) is 41.3 Å². The van der Waals surface area contributed by atoms with Crippen molar-refractivity contribution in [1.29, 1.82) is 0 Å². The van der Waals surface area contributed by atoms with Crippen LogP contribution in [0.1, 0.15) is 20.7 Å². The molecule has 2 amide bonds. The van der Waals surface area contributed by atoms with E-state index in [9.17, 15) is 9.59 Å². The molecular formula is C18H16ClIN2O3. The normalized spacial score (nSPS) is 14.2. The zero-order valence-corrected chi connectivity index (χ0v) is 16.2. The molecule has 0 saturated carbocycles. The fourth-order valence-electron chi connectivity index (χ4n) is 2.53. The minimum Gasteiger partial charge on any atom is -0.378 e. The Morgan fingerprint density at radius 3 is 2.44 bits per heavy atom. The van der Waals surface area contributed by atoms with Gasteiger partial charge in [-0.1, -0.05) is 11.6 Å². The molecule has 1 N–H and O–H groups in total. The molecule has 5 nitrogen and oxygen atoms in total. The van der Waals surface area contributed by atoms with E-state index in [1.165, 1.54) is 0 Å². The predicted octanol–water partition coefficient (Wildman–Crippen LogP) is 3.67. The molecule has 0 bridgehead atoms. The summed E-state index contributed by atoms with van der Waals surface area (Å²) in [4.78, 5) is 27.0. The number of nitrogens with one attached hydrogen (secondary N) is 1. The van der Waals surface area contributed by atoms with Crippen LogP contribution in [0.4, 0.5) is 5.69 Å². The Bertz CT molecular complexity index is 789. The number of nitrogens with zero attached hydrogens (tertiary/aromatic N) is 1. The van der Waals surface area contributed by atoms with Gasteiger partial charge in [-0.3, -0.25) is 9.59 Å². The Hall–Kier alpha value is -1.64. The summed E-state index contributed by atoms with van der Waals surface area (Å²) in [6.07, 6.45) is 0. The number of amides is 2. The van der Waals surface area contributed by atoms with Crippen LogP contribution in [0.3, 0.4) is 0 Å². The van der Waals surface area contributed by atoms with E-state index in [-0.39, 0.29) is 11.8 Å². The largest absolute Gasteiger partial charge is 0.378 e. The maximum Gasteiger partial charge on any atom is 0.256 e. The number of anilines is 1. The second-order valence-electron chi connectivity index (χ2n) is 5.56. The second-order valence-corrected chi connectivity index (χ2v) is 7.24. The molecule has 1 aliphatic heterocycles. The molecule has 0 aliphatic carbocycles. The van der Waals surface area contributed by atoms with E-state index in [0.717, 1.165) is 3.57 Å². The third-order valence-electron chi connectivity index (χ3n) is 3.86. The van der Waals surface area contributed by atoms with Crippen molar-refractivity contribution in [2.24, 2.45) is 0 Å². The Morgan fingerprint density at radius 1 is 1.08 bits per heavy atom. The first-order valence-electron chi connectivity index (χ1n) is 7.78. The summed E-state index contributed by atoms with van der Waals surface area (Å²) in [5.41, 5.74) is 1.46. The Balaban J connectivity index is 1.84. The minimum absolute atomic E-state index is 0.103. The van der Waals surface area contributed by atoms with Gasteiger partial charge < -0.3 is 15.0 Å². The molecule has 25 heavy (non-hydrogen) atoms. The molecule has 0 atom stereocenters. The number of halogens is 2. The van der Waals surface area contributed by atoms with Gasteiger partial charge in [-0.05, 0) is 65.1 Å². The van der Waals surface area contributed by atoms with E-state index < -0.39 is 0 Å². The van der Waals surface area contributed by atoms with Crippen LogP contribution in [0.2, 0.25) is 5.02 Å². The number of rotatable bonds is 3. The first-order valence-corrected chi connectivity index (χ1v) is 9.24. The van der Waals surface area contributed by atoms with Crippen molar-refractivity contribution in [3.63, 3.8) is 0 Å². The third-order valence-corrected chi connectivity index (χ3v) is 4.79. The molecule has 0 unspecified atom stereocenters. The summed E-state index contributed by atoms with van der Waals surface area (Å²) >= 11 is 8.01. The highest BCUT2D eigenvalue weighted by atomic mass is 127. The van der Waals surface area contributed by atoms with E-state index in [0.29, 0.717) is 48.1 Å². The number of hydrogen-bond acceptors (Lipinski definition) is 3. The lowest BCUT2D eigenvalue weighted by atomic mass is 10.1. The van der Waals surface area contributed by atoms with Crippen LogP contribution >= 0.6 is 34.2 Å². The van der Waals surface area contributed by atoms with Gasteiger partial charge in [-0.25, -0.2) is 0 Å². The molecule has 2 aromatic rings. The topological polar surface area (TPSA) is 58.6 Å². The van der Waals surface area contributed by atoms with Gasteiger partial charge >= 0.3 is 0 Å². The molecule has 0 radical (unpaired) electrons. The van der Waals surface area contributed by atoms with Gasteiger partial charge in [-0.15, -0.1) is 0 Å². The predicted molar refractivity (Wildman–Crippen MR) is 105 cm³/mol. The van der Waals surface area contributed by atoms with Crippen molar-refractivity contribution in [2.45, 2.75) is 0 Å². The van der Waals surface area contributed by atoms with E-state index in [1.807, 2.05) is 6.07 Å². The third kappa shape index (κ3) is 4.50. The van der Waals surface area contributed by atoms with Crippen LogP contribution in [0.5, 0.6) is 0 Å². The van der Waals surface area contributed by atoms with Crippen molar-refractivity contribution in [1.82, 2.24) is 4.90 Å². The summed E-state index contributed by atoms with van der Waals surface area (Å²) < 4.78 is 6.23. The van der Waals surface area contributed by atoms with Crippen molar-refractivity contribution in [3.05, 3.63) is 62.2 Å². The summed E-state index contributed by atoms with van der Waals surface area (Å²) in [5, 5.41) is 3.39. The van der Waals surface area contributed by atoms with Crippen LogP contribution in [0.25, 0.3) is 0 Å². The number of benzene rings is 2. The van der Waals surface area contributed by atoms with Gasteiger partial charge in [0.05, 0.1) is 24.5 Å². The van der Waals surface area contributed by atoms with Gasteiger partial charge in [0.2, 0.25) is 0 Å². The van der Waals surface area contributed by atoms with Gasteiger partial charge in [0.15, 0.2) is 0 Å². The summed E-state index contributed by atoms with van der Waals surface area (Å²) in [5.74, 6) is -0.387. The lowest BCUT2D eigenvalue weighted by molar-refractivity contribution is 0.0303. The van der Waals surface area contributed by atoms with E-state index in [2.05, 4.69) is 27.9 Å². The fraction of sp³-hybridized carbons (Fsp3) is 0.222. The smallest absolute Gasteiger partial charge is 0.256 e. The number of hydrogen-bond donors (Lipinski definition) is 1. The Kier molecular flexibility index (Phi) is 5.93. The Labute approximate surface area is 164 Å². The second kappa shape index (κ2) is 8.16. The van der Waals surface area contributed by atoms with Gasteiger partial charge in [0.25, 0.3) is 11.8 Å². The lowest BCUT2D eigenvalue weighted by Crippen LogP contribution is -2.41. The first kappa shape index (κ1) is 18.2. The van der Waals surface area contributed by atoms with Gasteiger partial charge in [0.1, 0.15) is 0 Å². The van der Waals surface area contributed by atoms with Crippen LogP contribution in [0, 0.1) is 3.57 Å². The molecule has 1 aliphatic rings. The van der Waals surface area contributed by atoms with Crippen LogP contribution in [-0.4, -0.2) is 43.0 Å². The fourth-order valence-corrected chi connectivity index (χ4v) is 3.15. The number of carbonyl (C=O) groups excluding carboxylic acids is 2. The molecule has 0 spiro atoms. The van der Waals surface area contributed by atoms with Crippen molar-refractivity contribution >= 4 is 51.7 Å². The van der Waals surface area contributed by atoms with Crippen LogP contribution in [0.15, 0.2) is 42.5 Å². The SMILES string of the molecule is O=C(Nc1ccc(I)cc1C(=O)N1CCOCC1)c1ccc(Cl)cc1. The number of carbonyl (C=O) groups is 2. The molecule has 3 rings (SSSR count). The molecule has 130 valence electrons. The maximum atomic E-state index is 12.8. The number of ether oxygens (including phenoxy) is 1. The molecular weight excluding hydrogens is 455 g/mol. The quantitative estimate of drug-likeness (QED) is 0.697. The Morgan fingerprint density at radius 2 is 1.76 bits per heavy atom. The first-order chi connectivity index (χ1) is 12.0. The van der Waals surface area contributed by atoms with Crippen LogP contribution < -0.4 is 5.32 Å². The molecule has 1 saturated heterocycles. The minimum atomic E-state index is -0.283. The number of morpholine rings is 1. The van der Waals surface area contributed by atoms with Crippen molar-refractivity contribution in [2.75, 3.05) is 31.6 Å². The standard InChI is InChI=1S/C18H16ClIN2O3/c19-13-3-1-12(2-4-13)17(23)21-16-6-5-14(20)11-15(16)18(24)22-7-9-25-10-8-22/h1-6,11H,7-10H2,(H,21,23). The zero-order chi connectivity index (χ0) is 17.8. The summed E-state index contributed by atoms with van der Waals surface area (Å²) in [6, 6.07) is 12.0. The van der Waals surface area contributed by atoms with Crippen LogP contribution in [-0.2, 0) is 4.74 Å². The summed E-state index contributed by atoms with van der Waals surface area (Å²) in [7, 11) is 0. The monoisotopic (exact) mass is 470 g/mol. The van der Waals surface area contributed by atoms with Gasteiger partial charge in [-0.2, -0.15) is 0 Å². The molecule has 0 aromatic heterocycles. The molecule has 1 fully saturated rings. The van der Waals surface area contributed by atoms with Crippen molar-refractivity contribution < 1.29 is 14.3 Å². The zero-order valence-electron chi connectivity index (χ0n) is 13.3.